The fourth-order valence-electron chi connectivity index (χ4n) is 3.66. The molecule has 1 amide bonds. The molecular weight excluding hydrogens is 446 g/mol. The standard InChI is InChI=1S/C25H27N3O5.C2H6/c1-28-21(13-20(27-28)17-10-11-17)24(29)26-14-19-8-5-9-22(23(19)31-2)33-15-16-6-4-7-18(12-16)25(30)32-3;1-2/h4-9,12-13,17H,10-11,14-15H2,1-3H3,(H,26,29);1-2H3. The van der Waals surface area contributed by atoms with E-state index in [1.165, 1.54) is 7.11 Å². The lowest BCUT2D eigenvalue weighted by Gasteiger charge is -2.15. The van der Waals surface area contributed by atoms with Gasteiger partial charge in [-0.05, 0) is 42.7 Å². The number of esters is 1. The summed E-state index contributed by atoms with van der Waals surface area (Å²) in [5, 5.41) is 7.40. The monoisotopic (exact) mass is 479 g/mol. The Labute approximate surface area is 206 Å². The zero-order valence-electron chi connectivity index (χ0n) is 21.0. The van der Waals surface area contributed by atoms with E-state index < -0.39 is 5.97 Å². The Balaban J connectivity index is 0.00000167. The van der Waals surface area contributed by atoms with Crippen LogP contribution >= 0.6 is 0 Å². The molecule has 0 unspecified atom stereocenters. The number of ether oxygens (including phenoxy) is 3. The summed E-state index contributed by atoms with van der Waals surface area (Å²) in [6, 6.07) is 14.5. The number of benzene rings is 2. The molecule has 4 rings (SSSR count). The van der Waals surface area contributed by atoms with Crippen molar-refractivity contribution < 1.29 is 23.8 Å². The van der Waals surface area contributed by atoms with Gasteiger partial charge in [0.25, 0.3) is 5.91 Å². The number of rotatable bonds is 9. The van der Waals surface area contributed by atoms with Crippen LogP contribution in [0.1, 0.15) is 70.3 Å². The third-order valence-corrected chi connectivity index (χ3v) is 5.57. The van der Waals surface area contributed by atoms with E-state index in [0.29, 0.717) is 28.7 Å². The van der Waals surface area contributed by atoms with Gasteiger partial charge in [0.2, 0.25) is 0 Å². The lowest BCUT2D eigenvalue weighted by molar-refractivity contribution is 0.0600. The zero-order valence-corrected chi connectivity index (χ0v) is 21.0. The van der Waals surface area contributed by atoms with Gasteiger partial charge in [0.15, 0.2) is 11.5 Å². The molecule has 186 valence electrons. The maximum atomic E-state index is 12.7. The number of aryl methyl sites for hydroxylation is 1. The van der Waals surface area contributed by atoms with Crippen LogP contribution in [0, 0.1) is 0 Å². The number of aromatic nitrogens is 2. The molecule has 0 atom stereocenters. The largest absolute Gasteiger partial charge is 0.493 e. The summed E-state index contributed by atoms with van der Waals surface area (Å²) in [4.78, 5) is 24.5. The third kappa shape index (κ3) is 6.41. The fraction of sp³-hybridized carbons (Fsp3) is 0.370. The van der Waals surface area contributed by atoms with Gasteiger partial charge in [0.05, 0.1) is 25.5 Å². The lowest BCUT2D eigenvalue weighted by Crippen LogP contribution is -2.25. The van der Waals surface area contributed by atoms with Gasteiger partial charge >= 0.3 is 5.97 Å². The number of nitrogens with zero attached hydrogens (tertiary/aromatic N) is 2. The third-order valence-electron chi connectivity index (χ3n) is 5.57. The van der Waals surface area contributed by atoms with Crippen LogP contribution in [-0.2, 0) is 24.9 Å². The molecule has 35 heavy (non-hydrogen) atoms. The molecule has 3 aromatic rings. The molecule has 0 saturated heterocycles. The molecule has 8 nitrogen and oxygen atoms in total. The number of para-hydroxylation sites is 1. The van der Waals surface area contributed by atoms with Crippen LogP contribution in [0.25, 0.3) is 0 Å². The zero-order chi connectivity index (χ0) is 25.4. The Bertz CT molecular complexity index is 1170. The van der Waals surface area contributed by atoms with Crippen LogP contribution in [0.5, 0.6) is 11.5 Å². The van der Waals surface area contributed by atoms with E-state index in [0.717, 1.165) is 29.7 Å². The molecule has 0 aliphatic heterocycles. The second-order valence-electron chi connectivity index (χ2n) is 7.96. The quantitative estimate of drug-likeness (QED) is 0.450. The Morgan fingerprint density at radius 2 is 1.83 bits per heavy atom. The van der Waals surface area contributed by atoms with Crippen LogP contribution in [0.3, 0.4) is 0 Å². The molecule has 1 heterocycles. The van der Waals surface area contributed by atoms with Crippen molar-refractivity contribution in [2.24, 2.45) is 7.05 Å². The normalized spacial score (nSPS) is 12.3. The maximum Gasteiger partial charge on any atom is 0.337 e. The second kappa shape index (κ2) is 12.1. The van der Waals surface area contributed by atoms with E-state index in [9.17, 15) is 9.59 Å². The van der Waals surface area contributed by atoms with Crippen molar-refractivity contribution >= 4 is 11.9 Å². The Morgan fingerprint density at radius 1 is 1.09 bits per heavy atom. The minimum Gasteiger partial charge on any atom is -0.493 e. The summed E-state index contributed by atoms with van der Waals surface area (Å²) < 4.78 is 17.9. The first-order valence-electron chi connectivity index (χ1n) is 11.8. The van der Waals surface area contributed by atoms with Gasteiger partial charge in [-0.1, -0.05) is 38.1 Å². The van der Waals surface area contributed by atoms with Crippen molar-refractivity contribution in [1.82, 2.24) is 15.1 Å². The molecule has 0 radical (unpaired) electrons. The first-order chi connectivity index (χ1) is 17.0. The predicted molar refractivity (Wildman–Crippen MR) is 133 cm³/mol. The topological polar surface area (TPSA) is 91.7 Å². The molecule has 1 aromatic heterocycles. The Hall–Kier alpha value is -3.81. The number of hydrogen-bond acceptors (Lipinski definition) is 6. The van der Waals surface area contributed by atoms with Crippen molar-refractivity contribution in [3.05, 3.63) is 76.6 Å². The minimum absolute atomic E-state index is 0.190. The summed E-state index contributed by atoms with van der Waals surface area (Å²) in [6.07, 6.45) is 2.27. The lowest BCUT2D eigenvalue weighted by atomic mass is 10.1. The average molecular weight is 480 g/mol. The van der Waals surface area contributed by atoms with Crippen molar-refractivity contribution in [3.63, 3.8) is 0 Å². The molecule has 1 saturated carbocycles. The summed E-state index contributed by atoms with van der Waals surface area (Å²) in [5.74, 6) is 0.990. The molecule has 1 aliphatic rings. The van der Waals surface area contributed by atoms with Gasteiger partial charge in [-0.2, -0.15) is 5.10 Å². The van der Waals surface area contributed by atoms with E-state index >= 15 is 0 Å². The minimum atomic E-state index is -0.398. The van der Waals surface area contributed by atoms with Crippen LogP contribution in [0.4, 0.5) is 0 Å². The number of carbonyl (C=O) groups is 2. The molecule has 2 aromatic carbocycles. The SMILES string of the molecule is CC.COC(=O)c1cccc(COc2cccc(CNC(=O)c3cc(C4CC4)nn3C)c2OC)c1. The molecule has 8 heteroatoms. The van der Waals surface area contributed by atoms with Gasteiger partial charge in [0.1, 0.15) is 12.3 Å². The fourth-order valence-corrected chi connectivity index (χ4v) is 3.66. The van der Waals surface area contributed by atoms with Gasteiger partial charge in [-0.25, -0.2) is 4.79 Å². The highest BCUT2D eigenvalue weighted by Crippen LogP contribution is 2.39. The van der Waals surface area contributed by atoms with Crippen LogP contribution in [-0.4, -0.2) is 35.9 Å². The highest BCUT2D eigenvalue weighted by Gasteiger charge is 2.28. The van der Waals surface area contributed by atoms with Crippen LogP contribution in [0.2, 0.25) is 0 Å². The smallest absolute Gasteiger partial charge is 0.337 e. The summed E-state index contributed by atoms with van der Waals surface area (Å²) in [5.41, 5.74) is 3.58. The Kier molecular flexibility index (Phi) is 8.89. The highest BCUT2D eigenvalue weighted by molar-refractivity contribution is 5.92. The molecule has 1 aliphatic carbocycles. The van der Waals surface area contributed by atoms with Crippen molar-refractivity contribution in [2.75, 3.05) is 14.2 Å². The number of nitrogens with one attached hydrogen (secondary N) is 1. The molecule has 0 bridgehead atoms. The van der Waals surface area contributed by atoms with E-state index in [4.69, 9.17) is 14.2 Å². The van der Waals surface area contributed by atoms with Crippen molar-refractivity contribution in [3.8, 4) is 11.5 Å². The molecule has 1 N–H and O–H groups in total. The summed E-state index contributed by atoms with van der Waals surface area (Å²) >= 11 is 0. The average Bonchev–Trinajstić information content (AvgIpc) is 3.68. The van der Waals surface area contributed by atoms with E-state index in [-0.39, 0.29) is 19.1 Å². The van der Waals surface area contributed by atoms with E-state index in [1.54, 1.807) is 43.1 Å². The maximum absolute atomic E-state index is 12.7. The number of carbonyl (C=O) groups excluding carboxylic acids is 2. The summed E-state index contributed by atoms with van der Waals surface area (Å²) in [7, 11) is 4.69. The Morgan fingerprint density at radius 3 is 2.51 bits per heavy atom. The van der Waals surface area contributed by atoms with Gasteiger partial charge in [-0.15, -0.1) is 0 Å². The predicted octanol–water partition coefficient (Wildman–Crippen LogP) is 4.63. The molecular formula is C27H33N3O5. The number of methoxy groups -OCH3 is 2. The second-order valence-corrected chi connectivity index (χ2v) is 7.96. The van der Waals surface area contributed by atoms with Gasteiger partial charge < -0.3 is 19.5 Å². The van der Waals surface area contributed by atoms with E-state index in [1.807, 2.05) is 38.1 Å². The summed E-state index contributed by atoms with van der Waals surface area (Å²) in [6.45, 7) is 4.52. The van der Waals surface area contributed by atoms with Crippen molar-refractivity contribution in [2.45, 2.75) is 45.8 Å². The van der Waals surface area contributed by atoms with Gasteiger partial charge in [0, 0.05) is 25.1 Å². The molecule has 1 fully saturated rings. The highest BCUT2D eigenvalue weighted by atomic mass is 16.5. The number of amides is 1. The van der Waals surface area contributed by atoms with Crippen LogP contribution < -0.4 is 14.8 Å². The first kappa shape index (κ1) is 25.8. The van der Waals surface area contributed by atoms with Crippen molar-refractivity contribution in [1.29, 1.82) is 0 Å². The number of hydrogen-bond donors (Lipinski definition) is 1. The van der Waals surface area contributed by atoms with E-state index in [2.05, 4.69) is 10.4 Å². The van der Waals surface area contributed by atoms with Gasteiger partial charge in [-0.3, -0.25) is 9.48 Å². The first-order valence-corrected chi connectivity index (χ1v) is 11.8. The van der Waals surface area contributed by atoms with Crippen LogP contribution in [0.15, 0.2) is 48.5 Å². The molecule has 0 spiro atoms.